The molecule has 1 aromatic heterocycles. The summed E-state index contributed by atoms with van der Waals surface area (Å²) in [6.07, 6.45) is 4.71. The molecule has 0 amide bonds. The van der Waals surface area contributed by atoms with Crippen molar-refractivity contribution in [1.29, 1.82) is 0 Å². The first-order valence-electron chi connectivity index (χ1n) is 5.07. The van der Waals surface area contributed by atoms with E-state index in [-0.39, 0.29) is 0 Å². The zero-order valence-electron chi connectivity index (χ0n) is 8.45. The van der Waals surface area contributed by atoms with Crippen molar-refractivity contribution in [3.05, 3.63) is 16.1 Å². The van der Waals surface area contributed by atoms with Crippen LogP contribution < -0.4 is 5.32 Å². The Bertz CT molecular complexity index is 279. The minimum Gasteiger partial charge on any atom is -0.315 e. The summed E-state index contributed by atoms with van der Waals surface area (Å²) in [7, 11) is 1.98. The molecule has 1 unspecified atom stereocenters. The molecular formula is C10H16N2S2. The highest BCUT2D eigenvalue weighted by molar-refractivity contribution is 7.99. The second-order valence-corrected chi connectivity index (χ2v) is 5.91. The number of nitrogens with zero attached hydrogens (tertiary/aromatic N) is 1. The molecule has 1 saturated heterocycles. The van der Waals surface area contributed by atoms with Gasteiger partial charge in [0.2, 0.25) is 0 Å². The molecule has 0 aromatic carbocycles. The predicted octanol–water partition coefficient (Wildman–Crippen LogP) is 2.47. The van der Waals surface area contributed by atoms with Gasteiger partial charge < -0.3 is 5.32 Å². The van der Waals surface area contributed by atoms with Crippen molar-refractivity contribution in [3.8, 4) is 0 Å². The third-order valence-corrected chi connectivity index (χ3v) is 4.81. The summed E-state index contributed by atoms with van der Waals surface area (Å²) in [5.41, 5.74) is 0. The van der Waals surface area contributed by atoms with Gasteiger partial charge in [0.15, 0.2) is 0 Å². The largest absolute Gasteiger partial charge is 0.315 e. The quantitative estimate of drug-likeness (QED) is 0.860. The Balaban J connectivity index is 2.00. The van der Waals surface area contributed by atoms with Gasteiger partial charge in [-0.3, -0.25) is 0 Å². The fourth-order valence-corrected chi connectivity index (χ4v) is 4.02. The van der Waals surface area contributed by atoms with Gasteiger partial charge in [-0.2, -0.15) is 11.8 Å². The van der Waals surface area contributed by atoms with Crippen LogP contribution in [0.2, 0.25) is 0 Å². The molecule has 0 spiro atoms. The van der Waals surface area contributed by atoms with Crippen LogP contribution >= 0.6 is 23.1 Å². The first-order chi connectivity index (χ1) is 6.90. The molecule has 1 atom stereocenters. The minimum atomic E-state index is 0.726. The first-order valence-corrected chi connectivity index (χ1v) is 7.04. The summed E-state index contributed by atoms with van der Waals surface area (Å²) in [6, 6.07) is 0. The maximum Gasteiger partial charge on any atom is 0.0967 e. The average Bonchev–Trinajstić information content (AvgIpc) is 2.68. The molecule has 0 aliphatic carbocycles. The topological polar surface area (TPSA) is 24.9 Å². The van der Waals surface area contributed by atoms with Gasteiger partial charge in [0.25, 0.3) is 0 Å². The molecular weight excluding hydrogens is 212 g/mol. The monoisotopic (exact) mass is 228 g/mol. The molecule has 0 saturated carbocycles. The van der Waals surface area contributed by atoms with Crippen molar-refractivity contribution in [2.45, 2.75) is 25.3 Å². The number of nitrogens with one attached hydrogen (secondary N) is 1. The molecule has 0 bridgehead atoms. The van der Waals surface area contributed by atoms with E-state index in [1.54, 1.807) is 0 Å². The minimum absolute atomic E-state index is 0.726. The Labute approximate surface area is 93.5 Å². The average molecular weight is 228 g/mol. The van der Waals surface area contributed by atoms with Crippen LogP contribution in [0.25, 0.3) is 0 Å². The van der Waals surface area contributed by atoms with Crippen molar-refractivity contribution in [2.24, 2.45) is 0 Å². The normalized spacial score (nSPS) is 22.5. The fourth-order valence-electron chi connectivity index (χ4n) is 1.70. The second kappa shape index (κ2) is 5.14. The third-order valence-electron chi connectivity index (χ3n) is 2.43. The van der Waals surface area contributed by atoms with Crippen LogP contribution in [-0.2, 0) is 6.54 Å². The van der Waals surface area contributed by atoms with E-state index in [0.29, 0.717) is 0 Å². The molecule has 4 heteroatoms. The number of rotatable bonds is 3. The SMILES string of the molecule is CNCc1cnc(C2CCCSC2)s1. The van der Waals surface area contributed by atoms with E-state index < -0.39 is 0 Å². The Kier molecular flexibility index (Phi) is 3.84. The summed E-state index contributed by atoms with van der Waals surface area (Å²) in [5.74, 6) is 3.34. The first kappa shape index (κ1) is 10.5. The molecule has 1 fully saturated rings. The summed E-state index contributed by atoms with van der Waals surface area (Å²) in [6.45, 7) is 0.956. The van der Waals surface area contributed by atoms with Crippen molar-refractivity contribution in [1.82, 2.24) is 10.3 Å². The smallest absolute Gasteiger partial charge is 0.0967 e. The summed E-state index contributed by atoms with van der Waals surface area (Å²) < 4.78 is 0. The summed E-state index contributed by atoms with van der Waals surface area (Å²) >= 11 is 3.95. The van der Waals surface area contributed by atoms with Crippen LogP contribution in [0.15, 0.2) is 6.20 Å². The molecule has 2 heterocycles. The van der Waals surface area contributed by atoms with Crippen LogP contribution in [0.1, 0.15) is 28.6 Å². The summed E-state index contributed by atoms with van der Waals surface area (Å²) in [5, 5.41) is 4.51. The number of aromatic nitrogens is 1. The maximum atomic E-state index is 4.52. The van der Waals surface area contributed by atoms with Crippen LogP contribution in [0.3, 0.4) is 0 Å². The van der Waals surface area contributed by atoms with Gasteiger partial charge in [-0.15, -0.1) is 11.3 Å². The second-order valence-electron chi connectivity index (χ2n) is 3.61. The van der Waals surface area contributed by atoms with Crippen molar-refractivity contribution in [3.63, 3.8) is 0 Å². The van der Waals surface area contributed by atoms with E-state index in [1.807, 2.05) is 24.6 Å². The number of thiazole rings is 1. The van der Waals surface area contributed by atoms with E-state index in [2.05, 4.69) is 22.1 Å². The van der Waals surface area contributed by atoms with Gasteiger partial charge in [-0.1, -0.05) is 0 Å². The number of thioether (sulfide) groups is 1. The van der Waals surface area contributed by atoms with E-state index >= 15 is 0 Å². The Morgan fingerprint density at radius 1 is 1.64 bits per heavy atom. The standard InChI is InChI=1S/C10H16N2S2/c1-11-5-9-6-12-10(14-9)8-3-2-4-13-7-8/h6,8,11H,2-5,7H2,1H3. The van der Waals surface area contributed by atoms with E-state index in [4.69, 9.17) is 0 Å². The lowest BCUT2D eigenvalue weighted by atomic mass is 10.1. The predicted molar refractivity (Wildman–Crippen MR) is 64.2 cm³/mol. The third kappa shape index (κ3) is 2.49. The lowest BCUT2D eigenvalue weighted by Crippen LogP contribution is -2.07. The van der Waals surface area contributed by atoms with Gasteiger partial charge >= 0.3 is 0 Å². The van der Waals surface area contributed by atoms with E-state index in [0.717, 1.165) is 12.5 Å². The van der Waals surface area contributed by atoms with Crippen LogP contribution in [0.5, 0.6) is 0 Å². The lowest BCUT2D eigenvalue weighted by molar-refractivity contribution is 0.656. The van der Waals surface area contributed by atoms with Gasteiger partial charge in [-0.05, 0) is 25.6 Å². The summed E-state index contributed by atoms with van der Waals surface area (Å²) in [4.78, 5) is 5.88. The van der Waals surface area contributed by atoms with Crippen molar-refractivity contribution >= 4 is 23.1 Å². The zero-order chi connectivity index (χ0) is 9.80. The van der Waals surface area contributed by atoms with Crippen LogP contribution in [0.4, 0.5) is 0 Å². The van der Waals surface area contributed by atoms with Gasteiger partial charge in [0.05, 0.1) is 5.01 Å². The molecule has 1 aliphatic heterocycles. The molecule has 0 radical (unpaired) electrons. The lowest BCUT2D eigenvalue weighted by Gasteiger charge is -2.18. The molecule has 1 aliphatic rings. The molecule has 78 valence electrons. The number of hydrogen-bond donors (Lipinski definition) is 1. The van der Waals surface area contributed by atoms with E-state index in [1.165, 1.54) is 34.2 Å². The molecule has 1 aromatic rings. The van der Waals surface area contributed by atoms with Gasteiger partial charge in [-0.25, -0.2) is 4.98 Å². The highest BCUT2D eigenvalue weighted by atomic mass is 32.2. The van der Waals surface area contributed by atoms with Gasteiger partial charge in [0.1, 0.15) is 0 Å². The molecule has 1 N–H and O–H groups in total. The molecule has 2 rings (SSSR count). The van der Waals surface area contributed by atoms with Crippen molar-refractivity contribution in [2.75, 3.05) is 18.6 Å². The van der Waals surface area contributed by atoms with Gasteiger partial charge in [0, 0.05) is 29.3 Å². The maximum absolute atomic E-state index is 4.52. The fraction of sp³-hybridized carbons (Fsp3) is 0.700. The Hall–Kier alpha value is -0.0600. The van der Waals surface area contributed by atoms with Crippen LogP contribution in [-0.4, -0.2) is 23.5 Å². The van der Waals surface area contributed by atoms with Crippen LogP contribution in [0, 0.1) is 0 Å². The highest BCUT2D eigenvalue weighted by Gasteiger charge is 2.18. The van der Waals surface area contributed by atoms with Crippen molar-refractivity contribution < 1.29 is 0 Å². The highest BCUT2D eigenvalue weighted by Crippen LogP contribution is 2.33. The molecule has 14 heavy (non-hydrogen) atoms. The molecule has 2 nitrogen and oxygen atoms in total. The number of hydrogen-bond acceptors (Lipinski definition) is 4. The zero-order valence-corrected chi connectivity index (χ0v) is 10.1. The van der Waals surface area contributed by atoms with E-state index in [9.17, 15) is 0 Å². The Morgan fingerprint density at radius 3 is 3.29 bits per heavy atom. The Morgan fingerprint density at radius 2 is 2.57 bits per heavy atom.